The molecule has 2 rings (SSSR count). The largest absolute Gasteiger partial charge is 0.397 e. The van der Waals surface area contributed by atoms with Crippen molar-refractivity contribution in [3.8, 4) is 0 Å². The highest BCUT2D eigenvalue weighted by atomic mass is 79.9. The Morgan fingerprint density at radius 1 is 1.25 bits per heavy atom. The van der Waals surface area contributed by atoms with Crippen LogP contribution in [0.15, 0.2) is 50.9 Å². The number of anilines is 1. The number of nitrogens with zero attached hydrogens (tertiary/aromatic N) is 1. The molecule has 0 aliphatic rings. The Labute approximate surface area is 107 Å². The standard InChI is InChI=1S/C12H11BrN2S/c1-8-6-10(3-4-11(8)13)16-12-5-2-9(14)7-15-12/h2-7H,14H2,1H3. The minimum absolute atomic E-state index is 0.691. The van der Waals surface area contributed by atoms with Gasteiger partial charge in [0.15, 0.2) is 0 Å². The van der Waals surface area contributed by atoms with E-state index in [0.717, 1.165) is 9.50 Å². The molecule has 2 aromatic rings. The Morgan fingerprint density at radius 2 is 2.06 bits per heavy atom. The average Bonchev–Trinajstić information content (AvgIpc) is 2.27. The van der Waals surface area contributed by atoms with Crippen LogP contribution in [-0.4, -0.2) is 4.98 Å². The summed E-state index contributed by atoms with van der Waals surface area (Å²) in [6.45, 7) is 2.07. The van der Waals surface area contributed by atoms with Gasteiger partial charge < -0.3 is 5.73 Å². The van der Waals surface area contributed by atoms with E-state index in [1.807, 2.05) is 12.1 Å². The molecule has 4 heteroatoms. The van der Waals surface area contributed by atoms with Crippen molar-refractivity contribution in [2.45, 2.75) is 16.8 Å². The molecule has 0 bridgehead atoms. The Bertz CT molecular complexity index is 497. The van der Waals surface area contributed by atoms with Crippen LogP contribution in [-0.2, 0) is 0 Å². The van der Waals surface area contributed by atoms with Gasteiger partial charge in [-0.05, 0) is 42.8 Å². The van der Waals surface area contributed by atoms with Gasteiger partial charge in [0.2, 0.25) is 0 Å². The molecule has 0 saturated heterocycles. The quantitative estimate of drug-likeness (QED) is 0.913. The molecule has 1 aromatic carbocycles. The van der Waals surface area contributed by atoms with Crippen LogP contribution < -0.4 is 5.73 Å². The maximum absolute atomic E-state index is 5.59. The molecule has 0 unspecified atom stereocenters. The van der Waals surface area contributed by atoms with Gasteiger partial charge in [-0.25, -0.2) is 4.98 Å². The molecule has 0 radical (unpaired) electrons. The smallest absolute Gasteiger partial charge is 0.101 e. The van der Waals surface area contributed by atoms with Gasteiger partial charge >= 0.3 is 0 Å². The minimum Gasteiger partial charge on any atom is -0.397 e. The second-order valence-corrected chi connectivity index (χ2v) is 5.39. The second-order valence-electron chi connectivity index (χ2n) is 3.44. The molecular weight excluding hydrogens is 284 g/mol. The summed E-state index contributed by atoms with van der Waals surface area (Å²) in [5.74, 6) is 0. The molecule has 0 saturated carbocycles. The summed E-state index contributed by atoms with van der Waals surface area (Å²) in [6.07, 6.45) is 1.67. The van der Waals surface area contributed by atoms with Crippen LogP contribution in [0.3, 0.4) is 0 Å². The lowest BCUT2D eigenvalue weighted by Gasteiger charge is -2.03. The molecule has 0 spiro atoms. The van der Waals surface area contributed by atoms with E-state index in [4.69, 9.17) is 5.73 Å². The van der Waals surface area contributed by atoms with Crippen molar-refractivity contribution in [2.75, 3.05) is 5.73 Å². The Morgan fingerprint density at radius 3 is 2.69 bits per heavy atom. The highest BCUT2D eigenvalue weighted by molar-refractivity contribution is 9.10. The molecule has 82 valence electrons. The van der Waals surface area contributed by atoms with E-state index in [-0.39, 0.29) is 0 Å². The zero-order chi connectivity index (χ0) is 11.5. The van der Waals surface area contributed by atoms with Gasteiger partial charge in [-0.3, -0.25) is 0 Å². The molecule has 2 nitrogen and oxygen atoms in total. The monoisotopic (exact) mass is 294 g/mol. The fraction of sp³-hybridized carbons (Fsp3) is 0.0833. The fourth-order valence-electron chi connectivity index (χ4n) is 1.25. The number of pyridine rings is 1. The predicted octanol–water partition coefficient (Wildman–Crippen LogP) is 3.89. The van der Waals surface area contributed by atoms with Crippen LogP contribution in [0, 0.1) is 6.92 Å². The minimum atomic E-state index is 0.691. The Hall–Kier alpha value is -1.00. The number of hydrogen-bond donors (Lipinski definition) is 1. The summed E-state index contributed by atoms with van der Waals surface area (Å²) in [5.41, 5.74) is 7.50. The molecule has 16 heavy (non-hydrogen) atoms. The first-order valence-corrected chi connectivity index (χ1v) is 6.41. The number of hydrogen-bond acceptors (Lipinski definition) is 3. The van der Waals surface area contributed by atoms with E-state index in [2.05, 4.69) is 46.0 Å². The first-order chi connectivity index (χ1) is 7.65. The molecule has 2 N–H and O–H groups in total. The molecule has 0 fully saturated rings. The van der Waals surface area contributed by atoms with Crippen molar-refractivity contribution in [1.82, 2.24) is 4.98 Å². The average molecular weight is 295 g/mol. The van der Waals surface area contributed by atoms with Gasteiger partial charge in [-0.1, -0.05) is 27.7 Å². The van der Waals surface area contributed by atoms with Gasteiger partial charge in [0.05, 0.1) is 11.9 Å². The third kappa shape index (κ3) is 2.77. The predicted molar refractivity (Wildman–Crippen MR) is 71.7 cm³/mol. The summed E-state index contributed by atoms with van der Waals surface area (Å²) in [5, 5.41) is 0.955. The molecule has 1 heterocycles. The van der Waals surface area contributed by atoms with Crippen LogP contribution >= 0.6 is 27.7 Å². The Balaban J connectivity index is 2.20. The van der Waals surface area contributed by atoms with E-state index in [1.165, 1.54) is 10.5 Å². The van der Waals surface area contributed by atoms with E-state index in [9.17, 15) is 0 Å². The van der Waals surface area contributed by atoms with Crippen molar-refractivity contribution in [2.24, 2.45) is 0 Å². The third-order valence-corrected chi connectivity index (χ3v) is 3.94. The van der Waals surface area contributed by atoms with Gasteiger partial charge in [0, 0.05) is 9.37 Å². The maximum atomic E-state index is 5.59. The number of nitrogen functional groups attached to an aromatic ring is 1. The number of benzene rings is 1. The first kappa shape index (κ1) is 11.5. The SMILES string of the molecule is Cc1cc(Sc2ccc(N)cn2)ccc1Br. The topological polar surface area (TPSA) is 38.9 Å². The van der Waals surface area contributed by atoms with Crippen LogP contribution in [0.4, 0.5) is 5.69 Å². The van der Waals surface area contributed by atoms with Crippen LogP contribution in [0.2, 0.25) is 0 Å². The summed E-state index contributed by atoms with van der Waals surface area (Å²) in [6, 6.07) is 10.0. The summed E-state index contributed by atoms with van der Waals surface area (Å²) in [7, 11) is 0. The molecule has 0 amide bonds. The van der Waals surface area contributed by atoms with Gasteiger partial charge in [-0.2, -0.15) is 0 Å². The van der Waals surface area contributed by atoms with Crippen LogP contribution in [0.5, 0.6) is 0 Å². The number of aromatic nitrogens is 1. The van der Waals surface area contributed by atoms with E-state index in [1.54, 1.807) is 18.0 Å². The van der Waals surface area contributed by atoms with Crippen LogP contribution in [0.25, 0.3) is 0 Å². The van der Waals surface area contributed by atoms with E-state index in [0.29, 0.717) is 5.69 Å². The van der Waals surface area contributed by atoms with Crippen LogP contribution in [0.1, 0.15) is 5.56 Å². The zero-order valence-corrected chi connectivity index (χ0v) is 11.2. The third-order valence-electron chi connectivity index (χ3n) is 2.11. The molecule has 1 aromatic heterocycles. The first-order valence-electron chi connectivity index (χ1n) is 4.81. The molecule has 0 atom stereocenters. The summed E-state index contributed by atoms with van der Waals surface area (Å²) < 4.78 is 1.13. The number of halogens is 1. The van der Waals surface area contributed by atoms with Crippen molar-refractivity contribution in [3.05, 3.63) is 46.6 Å². The molecule has 0 aliphatic carbocycles. The number of aryl methyl sites for hydroxylation is 1. The van der Waals surface area contributed by atoms with Crippen molar-refractivity contribution >= 4 is 33.4 Å². The molecular formula is C12H11BrN2S. The van der Waals surface area contributed by atoms with Gasteiger partial charge in [0.25, 0.3) is 0 Å². The highest BCUT2D eigenvalue weighted by Crippen LogP contribution is 2.29. The van der Waals surface area contributed by atoms with Crippen molar-refractivity contribution in [1.29, 1.82) is 0 Å². The van der Waals surface area contributed by atoms with E-state index >= 15 is 0 Å². The Kier molecular flexibility index (Phi) is 3.51. The maximum Gasteiger partial charge on any atom is 0.101 e. The van der Waals surface area contributed by atoms with E-state index < -0.39 is 0 Å². The van der Waals surface area contributed by atoms with Gasteiger partial charge in [-0.15, -0.1) is 0 Å². The van der Waals surface area contributed by atoms with Gasteiger partial charge in [0.1, 0.15) is 5.03 Å². The highest BCUT2D eigenvalue weighted by Gasteiger charge is 2.01. The normalized spacial score (nSPS) is 10.4. The summed E-state index contributed by atoms with van der Waals surface area (Å²) >= 11 is 5.11. The zero-order valence-electron chi connectivity index (χ0n) is 8.77. The number of nitrogens with two attached hydrogens (primary N) is 1. The van der Waals surface area contributed by atoms with Crippen molar-refractivity contribution < 1.29 is 0 Å². The fourth-order valence-corrected chi connectivity index (χ4v) is 2.35. The lowest BCUT2D eigenvalue weighted by molar-refractivity contribution is 1.13. The second kappa shape index (κ2) is 4.89. The van der Waals surface area contributed by atoms with Crippen molar-refractivity contribution in [3.63, 3.8) is 0 Å². The molecule has 0 aliphatic heterocycles. The number of rotatable bonds is 2. The lowest BCUT2D eigenvalue weighted by atomic mass is 10.2. The lowest BCUT2D eigenvalue weighted by Crippen LogP contribution is -1.86. The summed E-state index contributed by atoms with van der Waals surface area (Å²) in [4.78, 5) is 5.43.